The van der Waals surface area contributed by atoms with Crippen LogP contribution in [0.15, 0.2) is 30.3 Å². The summed E-state index contributed by atoms with van der Waals surface area (Å²) in [6.45, 7) is 15.7. The summed E-state index contributed by atoms with van der Waals surface area (Å²) in [6.07, 6.45) is 17.1. The summed E-state index contributed by atoms with van der Waals surface area (Å²) in [5, 5.41) is 9.41. The van der Waals surface area contributed by atoms with Gasteiger partial charge in [-0.05, 0) is 151 Å². The normalized spacial score (nSPS) is 48.2. The van der Waals surface area contributed by atoms with E-state index in [-0.39, 0.29) is 11.0 Å². The predicted molar refractivity (Wildman–Crippen MR) is 163 cm³/mol. The second-order valence-corrected chi connectivity index (χ2v) is 17.2. The van der Waals surface area contributed by atoms with Gasteiger partial charge in [0, 0.05) is 5.54 Å². The monoisotopic (exact) mass is 543 g/mol. The number of nitrogens with two attached hydrogens (primary N) is 1. The highest BCUT2D eigenvalue weighted by Gasteiger charge is 2.71. The van der Waals surface area contributed by atoms with Crippen molar-refractivity contribution in [1.29, 1.82) is 0 Å². The molecule has 218 valence electrons. The third-order valence-electron chi connectivity index (χ3n) is 15.5. The maximum atomic E-state index is 11.5. The van der Waals surface area contributed by atoms with Gasteiger partial charge in [0.25, 0.3) is 0 Å². The summed E-state index contributed by atoms with van der Waals surface area (Å²) < 4.78 is 0. The first-order valence-corrected chi connectivity index (χ1v) is 16.5. The van der Waals surface area contributed by atoms with Gasteiger partial charge < -0.3 is 10.8 Å². The maximum Gasteiger partial charge on any atom is 0.335 e. The number of hydrogen-bond donors (Lipinski definition) is 2. The molecule has 7 rings (SSSR count). The van der Waals surface area contributed by atoms with Crippen LogP contribution in [-0.4, -0.2) is 16.6 Å². The Balaban J connectivity index is 1.23. The lowest BCUT2D eigenvalue weighted by atomic mass is 9.33. The topological polar surface area (TPSA) is 63.3 Å². The summed E-state index contributed by atoms with van der Waals surface area (Å²) >= 11 is 0. The molecule has 0 unspecified atom stereocenters. The van der Waals surface area contributed by atoms with Gasteiger partial charge in [-0.1, -0.05) is 59.8 Å². The molecule has 3 N–H and O–H groups in total. The first-order chi connectivity index (χ1) is 18.7. The number of carboxylic acids is 1. The molecule has 9 atom stereocenters. The van der Waals surface area contributed by atoms with Gasteiger partial charge in [0.05, 0.1) is 5.56 Å². The third kappa shape index (κ3) is 3.36. The quantitative estimate of drug-likeness (QED) is 0.400. The zero-order chi connectivity index (χ0) is 28.5. The van der Waals surface area contributed by atoms with Crippen molar-refractivity contribution in [3.8, 4) is 0 Å². The number of benzene rings is 1. The lowest BCUT2D eigenvalue weighted by Crippen LogP contribution is -2.67. The highest BCUT2D eigenvalue weighted by atomic mass is 16.4. The Kier molecular flexibility index (Phi) is 5.63. The van der Waals surface area contributed by atoms with E-state index >= 15 is 0 Å². The van der Waals surface area contributed by atoms with Gasteiger partial charge in [-0.2, -0.15) is 0 Å². The van der Waals surface area contributed by atoms with Gasteiger partial charge in [0.15, 0.2) is 0 Å². The molecule has 40 heavy (non-hydrogen) atoms. The molecule has 5 saturated carbocycles. The molecule has 6 aliphatic rings. The predicted octanol–water partition coefficient (Wildman–Crippen LogP) is 8.97. The van der Waals surface area contributed by atoms with Crippen molar-refractivity contribution in [1.82, 2.24) is 0 Å². The fourth-order valence-corrected chi connectivity index (χ4v) is 12.9. The van der Waals surface area contributed by atoms with Crippen LogP contribution < -0.4 is 5.73 Å². The maximum absolute atomic E-state index is 11.5. The smallest absolute Gasteiger partial charge is 0.335 e. The second kappa shape index (κ2) is 8.27. The van der Waals surface area contributed by atoms with Crippen LogP contribution >= 0.6 is 0 Å². The highest BCUT2D eigenvalue weighted by Crippen LogP contribution is 2.77. The summed E-state index contributed by atoms with van der Waals surface area (Å²) in [6, 6.07) is 7.64. The van der Waals surface area contributed by atoms with Crippen molar-refractivity contribution in [2.24, 2.45) is 62.4 Å². The number of fused-ring (bicyclic) bond motifs is 7. The van der Waals surface area contributed by atoms with E-state index in [0.717, 1.165) is 30.1 Å². The molecule has 0 spiro atoms. The minimum Gasteiger partial charge on any atom is -0.478 e. The van der Waals surface area contributed by atoms with Gasteiger partial charge in [0.1, 0.15) is 0 Å². The summed E-state index contributed by atoms with van der Waals surface area (Å²) in [5.41, 5.74) is 12.1. The van der Waals surface area contributed by atoms with Crippen molar-refractivity contribution in [2.75, 3.05) is 0 Å². The summed E-state index contributed by atoms with van der Waals surface area (Å²) in [5.74, 6) is 2.89. The second-order valence-electron chi connectivity index (χ2n) is 17.2. The molecule has 0 radical (unpaired) electrons. The van der Waals surface area contributed by atoms with Crippen molar-refractivity contribution in [3.05, 3.63) is 41.5 Å². The van der Waals surface area contributed by atoms with Crippen molar-refractivity contribution in [3.63, 3.8) is 0 Å². The molecule has 6 aliphatic carbocycles. The summed E-state index contributed by atoms with van der Waals surface area (Å²) in [4.78, 5) is 11.5. The Morgan fingerprint density at radius 3 is 2.12 bits per heavy atom. The Hall–Kier alpha value is -1.61. The van der Waals surface area contributed by atoms with Crippen molar-refractivity contribution < 1.29 is 9.90 Å². The van der Waals surface area contributed by atoms with Gasteiger partial charge in [-0.25, -0.2) is 4.79 Å². The first kappa shape index (κ1) is 27.2. The van der Waals surface area contributed by atoms with E-state index in [1.807, 2.05) is 12.1 Å². The minimum absolute atomic E-state index is 0.0624. The third-order valence-corrected chi connectivity index (χ3v) is 15.5. The molecule has 0 aromatic heterocycles. The molecule has 0 saturated heterocycles. The molecule has 0 amide bonds. The molecule has 5 fully saturated rings. The van der Waals surface area contributed by atoms with Gasteiger partial charge in [0.2, 0.25) is 0 Å². The van der Waals surface area contributed by atoms with Gasteiger partial charge in [-0.15, -0.1) is 0 Å². The van der Waals surface area contributed by atoms with Crippen LogP contribution in [0, 0.1) is 56.7 Å². The number of carbonyl (C=O) groups is 1. The Bertz CT molecular complexity index is 1260. The number of aromatic carboxylic acids is 1. The van der Waals surface area contributed by atoms with E-state index in [0.29, 0.717) is 33.1 Å². The van der Waals surface area contributed by atoms with Crippen LogP contribution in [0.25, 0.3) is 5.57 Å². The number of hydrogen-bond acceptors (Lipinski definition) is 2. The standard InChI is InChI=1S/C37H53NO2/c1-32(2)25(23-7-9-24(10-8-23)31(39)40)13-16-34(4)28(32)15-17-36(6)29(34)12-11-27-30-26(33(3)19-20-33)14-18-37(30,38)22-21-35(27,36)5/h7-10,13,26-30H,11-12,14-22,38H2,1-6H3,(H,39,40)/t26-,27-,28+,29-,30-,34+,35-,36-,37+/m1/s1. The molecule has 1 aromatic carbocycles. The van der Waals surface area contributed by atoms with E-state index in [2.05, 4.69) is 47.6 Å². The van der Waals surface area contributed by atoms with Gasteiger partial charge >= 0.3 is 5.97 Å². The van der Waals surface area contributed by atoms with E-state index in [1.165, 1.54) is 75.3 Å². The minimum atomic E-state index is -0.851. The summed E-state index contributed by atoms with van der Waals surface area (Å²) in [7, 11) is 0. The lowest BCUT2D eigenvalue weighted by molar-refractivity contribution is -0.219. The molecule has 0 bridgehead atoms. The molecule has 0 heterocycles. The van der Waals surface area contributed by atoms with E-state index < -0.39 is 5.97 Å². The SMILES string of the molecule is CC1([C@@H]2CC[C@]3(N)CC[C@]4(C)[C@H](CC[C@@H]5[C@@]6(C)CC=C(c7ccc(C(=O)O)cc7)C(C)(C)[C@@H]6CC[C@]54C)[C@@H]23)CC1. The van der Waals surface area contributed by atoms with Crippen LogP contribution in [-0.2, 0) is 0 Å². The van der Waals surface area contributed by atoms with Crippen LogP contribution in [0.1, 0.15) is 128 Å². The van der Waals surface area contributed by atoms with Crippen molar-refractivity contribution >= 4 is 11.5 Å². The molecule has 1 aromatic rings. The van der Waals surface area contributed by atoms with Crippen molar-refractivity contribution in [2.45, 2.75) is 118 Å². The van der Waals surface area contributed by atoms with Crippen LogP contribution in [0.2, 0.25) is 0 Å². The average Bonchev–Trinajstić information content (AvgIpc) is 3.53. The van der Waals surface area contributed by atoms with Crippen LogP contribution in [0.5, 0.6) is 0 Å². The first-order valence-electron chi connectivity index (χ1n) is 16.5. The fraction of sp³-hybridized carbons (Fsp3) is 0.757. The average molecular weight is 544 g/mol. The van der Waals surface area contributed by atoms with E-state index in [9.17, 15) is 9.90 Å². The number of rotatable bonds is 3. The number of carboxylic acid groups (broad SMARTS) is 1. The Morgan fingerprint density at radius 2 is 1.48 bits per heavy atom. The molecule has 0 aliphatic heterocycles. The Morgan fingerprint density at radius 1 is 0.775 bits per heavy atom. The number of allylic oxidation sites excluding steroid dienone is 2. The van der Waals surface area contributed by atoms with Crippen LogP contribution in [0.3, 0.4) is 0 Å². The lowest BCUT2D eigenvalue weighted by Gasteiger charge is -2.72. The molecular weight excluding hydrogens is 490 g/mol. The van der Waals surface area contributed by atoms with Crippen LogP contribution in [0.4, 0.5) is 0 Å². The highest BCUT2D eigenvalue weighted by molar-refractivity contribution is 5.88. The Labute approximate surface area is 242 Å². The largest absolute Gasteiger partial charge is 0.478 e. The van der Waals surface area contributed by atoms with E-state index in [1.54, 1.807) is 12.1 Å². The molecule has 3 nitrogen and oxygen atoms in total. The zero-order valence-electron chi connectivity index (χ0n) is 26.0. The molecule has 3 heteroatoms. The van der Waals surface area contributed by atoms with E-state index in [4.69, 9.17) is 5.73 Å². The van der Waals surface area contributed by atoms with Gasteiger partial charge in [-0.3, -0.25) is 0 Å². The fourth-order valence-electron chi connectivity index (χ4n) is 12.9. The molecular formula is C37H53NO2. The zero-order valence-corrected chi connectivity index (χ0v) is 26.0.